The van der Waals surface area contributed by atoms with Crippen molar-refractivity contribution in [3.8, 4) is 17.3 Å². The zero-order chi connectivity index (χ0) is 21.8. The molecule has 2 aromatic heterocycles. The smallest absolute Gasteiger partial charge is 0.270 e. The minimum Gasteiger partial charge on any atom is -0.494 e. The molecule has 3 aromatic rings. The molecule has 1 aliphatic rings. The van der Waals surface area contributed by atoms with Gasteiger partial charge in [0.15, 0.2) is 11.6 Å². The van der Waals surface area contributed by atoms with E-state index in [1.54, 1.807) is 29.9 Å². The van der Waals surface area contributed by atoms with Crippen LogP contribution in [-0.2, 0) is 13.1 Å². The summed E-state index contributed by atoms with van der Waals surface area (Å²) in [6, 6.07) is 5.97. The van der Waals surface area contributed by atoms with E-state index < -0.39 is 5.82 Å². The summed E-state index contributed by atoms with van der Waals surface area (Å²) >= 11 is 0. The molecule has 0 saturated heterocycles. The van der Waals surface area contributed by atoms with Crippen LogP contribution >= 0.6 is 0 Å². The number of hydrogen-bond donors (Lipinski definition) is 1. The quantitative estimate of drug-likeness (QED) is 0.620. The van der Waals surface area contributed by atoms with E-state index in [4.69, 9.17) is 4.74 Å². The zero-order valence-electron chi connectivity index (χ0n) is 17.5. The number of rotatable bonds is 7. The van der Waals surface area contributed by atoms with Crippen molar-refractivity contribution < 1.29 is 13.9 Å². The molecule has 0 atom stereocenters. The second-order valence-corrected chi connectivity index (χ2v) is 7.66. The maximum Gasteiger partial charge on any atom is 0.270 e. The summed E-state index contributed by atoms with van der Waals surface area (Å²) in [5.41, 5.74) is 1.34. The van der Waals surface area contributed by atoms with Crippen LogP contribution in [0.15, 0.2) is 24.3 Å². The van der Waals surface area contributed by atoms with Crippen LogP contribution < -0.4 is 10.1 Å². The van der Waals surface area contributed by atoms with Gasteiger partial charge in [0.05, 0.1) is 13.7 Å². The second kappa shape index (κ2) is 9.15. The molecule has 1 aromatic carbocycles. The van der Waals surface area contributed by atoms with Gasteiger partial charge >= 0.3 is 0 Å². The predicted molar refractivity (Wildman–Crippen MR) is 110 cm³/mol. The van der Waals surface area contributed by atoms with Gasteiger partial charge in [-0.05, 0) is 54.7 Å². The van der Waals surface area contributed by atoms with E-state index in [9.17, 15) is 9.18 Å². The minimum atomic E-state index is -0.456. The first-order valence-corrected chi connectivity index (χ1v) is 10.3. The molecule has 0 bridgehead atoms. The van der Waals surface area contributed by atoms with E-state index in [1.165, 1.54) is 38.9 Å². The predicted octanol–water partition coefficient (Wildman–Crippen LogP) is 2.71. The van der Waals surface area contributed by atoms with Gasteiger partial charge in [0, 0.05) is 6.54 Å². The number of amides is 1. The van der Waals surface area contributed by atoms with Gasteiger partial charge in [-0.3, -0.25) is 4.79 Å². The van der Waals surface area contributed by atoms with Crippen LogP contribution in [-0.4, -0.2) is 43.2 Å². The highest BCUT2D eigenvalue weighted by molar-refractivity contribution is 5.93. The first kappa shape index (κ1) is 20.8. The van der Waals surface area contributed by atoms with Crippen molar-refractivity contribution in [2.24, 2.45) is 5.92 Å². The molecule has 31 heavy (non-hydrogen) atoms. The van der Waals surface area contributed by atoms with Crippen molar-refractivity contribution in [2.45, 2.75) is 45.7 Å². The summed E-state index contributed by atoms with van der Waals surface area (Å²) < 4.78 is 18.5. The van der Waals surface area contributed by atoms with Crippen LogP contribution in [0.2, 0.25) is 0 Å². The van der Waals surface area contributed by atoms with E-state index in [1.807, 2.05) is 0 Å². The number of aryl methyl sites for hydroxylation is 1. The van der Waals surface area contributed by atoms with Crippen LogP contribution in [0.25, 0.3) is 11.5 Å². The Hall–Kier alpha value is -3.43. The molecule has 1 N–H and O–H groups in total. The molecule has 162 valence electrons. The maximum absolute atomic E-state index is 13.6. The van der Waals surface area contributed by atoms with Crippen molar-refractivity contribution in [3.63, 3.8) is 0 Å². The summed E-state index contributed by atoms with van der Waals surface area (Å²) in [6.07, 6.45) is 4.88. The highest BCUT2D eigenvalue weighted by Gasteiger charge is 2.19. The molecule has 0 aliphatic heterocycles. The molecular formula is C21H24FN7O2. The lowest BCUT2D eigenvalue weighted by molar-refractivity contribution is 0.0945. The number of methoxy groups -OCH3 is 1. The number of ether oxygens (including phenoxy) is 1. The van der Waals surface area contributed by atoms with Crippen molar-refractivity contribution in [3.05, 3.63) is 47.2 Å². The Bertz CT molecular complexity index is 1080. The Labute approximate surface area is 179 Å². The average molecular weight is 425 g/mol. The van der Waals surface area contributed by atoms with E-state index in [0.29, 0.717) is 28.8 Å². The lowest BCUT2D eigenvalue weighted by Crippen LogP contribution is -2.24. The zero-order valence-corrected chi connectivity index (χ0v) is 17.5. The van der Waals surface area contributed by atoms with Crippen molar-refractivity contribution in [1.29, 1.82) is 0 Å². The summed E-state index contributed by atoms with van der Waals surface area (Å²) in [7, 11) is 1.39. The molecule has 2 heterocycles. The van der Waals surface area contributed by atoms with Crippen molar-refractivity contribution >= 4 is 5.91 Å². The van der Waals surface area contributed by atoms with Crippen LogP contribution in [0.1, 0.15) is 47.6 Å². The second-order valence-electron chi connectivity index (χ2n) is 7.66. The molecule has 0 unspecified atom stereocenters. The normalized spacial score (nSPS) is 14.0. The van der Waals surface area contributed by atoms with Gasteiger partial charge < -0.3 is 10.1 Å². The largest absolute Gasteiger partial charge is 0.494 e. The first-order valence-electron chi connectivity index (χ1n) is 10.3. The van der Waals surface area contributed by atoms with Crippen LogP contribution in [0.5, 0.6) is 5.75 Å². The third-order valence-corrected chi connectivity index (χ3v) is 5.32. The monoisotopic (exact) mass is 425 g/mol. The molecule has 4 rings (SSSR count). The number of tetrazole rings is 1. The SMILES string of the molecule is COc1cc(CNC(=O)c2cc(-c3nnn(CC4CCCC4)n3)nc(C)n2)ccc1F. The number of nitrogens with one attached hydrogen (secondary N) is 1. The number of nitrogens with zero attached hydrogens (tertiary/aromatic N) is 6. The van der Waals surface area contributed by atoms with Crippen LogP contribution in [0.3, 0.4) is 0 Å². The molecule has 1 fully saturated rings. The fraction of sp³-hybridized carbons (Fsp3) is 0.429. The maximum atomic E-state index is 13.6. The molecular weight excluding hydrogens is 401 g/mol. The first-order chi connectivity index (χ1) is 15.0. The molecule has 1 amide bonds. The van der Waals surface area contributed by atoms with Crippen molar-refractivity contribution in [1.82, 2.24) is 35.5 Å². The number of carbonyl (C=O) groups is 1. The number of hydrogen-bond acceptors (Lipinski definition) is 7. The van der Waals surface area contributed by atoms with Crippen molar-refractivity contribution in [2.75, 3.05) is 7.11 Å². The Morgan fingerprint density at radius 2 is 2.06 bits per heavy atom. The fourth-order valence-electron chi connectivity index (χ4n) is 3.73. The number of carbonyl (C=O) groups excluding carboxylic acids is 1. The van der Waals surface area contributed by atoms with E-state index >= 15 is 0 Å². The topological polar surface area (TPSA) is 108 Å². The molecule has 1 saturated carbocycles. The summed E-state index contributed by atoms with van der Waals surface area (Å²) in [5.74, 6) is 0.661. The lowest BCUT2D eigenvalue weighted by Gasteiger charge is -2.08. The Morgan fingerprint density at radius 1 is 1.26 bits per heavy atom. The van der Waals surface area contributed by atoms with E-state index in [-0.39, 0.29) is 23.9 Å². The van der Waals surface area contributed by atoms with E-state index in [2.05, 4.69) is 30.7 Å². The van der Waals surface area contributed by atoms with Gasteiger partial charge in [-0.1, -0.05) is 18.9 Å². The molecule has 9 nitrogen and oxygen atoms in total. The van der Waals surface area contributed by atoms with Gasteiger partial charge in [0.2, 0.25) is 5.82 Å². The summed E-state index contributed by atoms with van der Waals surface area (Å²) in [6.45, 7) is 2.64. The molecule has 1 aliphatic carbocycles. The Morgan fingerprint density at radius 3 is 2.84 bits per heavy atom. The number of benzene rings is 1. The Kier molecular flexibility index (Phi) is 6.15. The summed E-state index contributed by atoms with van der Waals surface area (Å²) in [5, 5.41) is 15.4. The van der Waals surface area contributed by atoms with E-state index in [0.717, 1.165) is 6.54 Å². The number of aromatic nitrogens is 6. The van der Waals surface area contributed by atoms with Gasteiger partial charge in [-0.15, -0.1) is 10.2 Å². The highest BCUT2D eigenvalue weighted by atomic mass is 19.1. The van der Waals surface area contributed by atoms with Gasteiger partial charge in [0.25, 0.3) is 5.91 Å². The van der Waals surface area contributed by atoms with Crippen LogP contribution in [0.4, 0.5) is 4.39 Å². The van der Waals surface area contributed by atoms with Crippen LogP contribution in [0, 0.1) is 18.7 Å². The van der Waals surface area contributed by atoms with Gasteiger partial charge in [0.1, 0.15) is 17.2 Å². The highest BCUT2D eigenvalue weighted by Crippen LogP contribution is 2.25. The standard InChI is InChI=1S/C21H24FN7O2/c1-13-24-17(20-26-28-29(27-20)12-14-5-3-4-6-14)10-18(25-13)21(30)23-11-15-7-8-16(22)19(9-15)31-2/h7-10,14H,3-6,11-12H2,1-2H3,(H,23,30). The lowest BCUT2D eigenvalue weighted by atomic mass is 10.1. The van der Waals surface area contributed by atoms with Gasteiger partial charge in [-0.25, -0.2) is 14.4 Å². The van der Waals surface area contributed by atoms with Gasteiger partial charge in [-0.2, -0.15) is 4.80 Å². The third kappa shape index (κ3) is 5.01. The minimum absolute atomic E-state index is 0.124. The molecule has 0 spiro atoms. The molecule has 0 radical (unpaired) electrons. The molecule has 10 heteroatoms. The summed E-state index contributed by atoms with van der Waals surface area (Å²) in [4.78, 5) is 22.8. The third-order valence-electron chi connectivity index (χ3n) is 5.32. The Balaban J connectivity index is 1.46. The fourth-order valence-corrected chi connectivity index (χ4v) is 3.73. The average Bonchev–Trinajstić information content (AvgIpc) is 3.45. The number of halogens is 1.